The average molecular weight is 283 g/mol. The van der Waals surface area contributed by atoms with Crippen molar-refractivity contribution in [2.24, 2.45) is 0 Å². The van der Waals surface area contributed by atoms with E-state index in [-0.39, 0.29) is 37.2 Å². The molecular formula is C12H17N3O5. The number of methoxy groups -OCH3 is 2. The summed E-state index contributed by atoms with van der Waals surface area (Å²) in [5, 5.41) is 2.46. The minimum atomic E-state index is -0.424. The summed E-state index contributed by atoms with van der Waals surface area (Å²) in [6.45, 7) is 1.99. The highest BCUT2D eigenvalue weighted by atomic mass is 16.5. The van der Waals surface area contributed by atoms with Crippen molar-refractivity contribution in [1.29, 1.82) is 0 Å². The van der Waals surface area contributed by atoms with Crippen molar-refractivity contribution >= 4 is 17.8 Å². The van der Waals surface area contributed by atoms with Crippen LogP contribution >= 0.6 is 0 Å². The highest BCUT2D eigenvalue weighted by Gasteiger charge is 2.11. The molecule has 1 N–H and O–H groups in total. The van der Waals surface area contributed by atoms with Gasteiger partial charge in [0.05, 0.1) is 33.3 Å². The van der Waals surface area contributed by atoms with E-state index in [9.17, 15) is 9.59 Å². The number of hydrogen-bond donors (Lipinski definition) is 1. The second-order valence-electron chi connectivity index (χ2n) is 3.63. The van der Waals surface area contributed by atoms with Crippen molar-refractivity contribution in [3.05, 3.63) is 6.07 Å². The predicted molar refractivity (Wildman–Crippen MR) is 69.6 cm³/mol. The van der Waals surface area contributed by atoms with Gasteiger partial charge >= 0.3 is 5.97 Å². The number of carbonyl (C=O) groups excluding carboxylic acids is 2. The molecule has 1 heterocycles. The van der Waals surface area contributed by atoms with Gasteiger partial charge in [0.2, 0.25) is 23.6 Å². The minimum Gasteiger partial charge on any atom is -0.481 e. The molecule has 8 nitrogen and oxygen atoms in total. The molecule has 110 valence electrons. The van der Waals surface area contributed by atoms with Crippen molar-refractivity contribution in [2.75, 3.05) is 26.1 Å². The summed E-state index contributed by atoms with van der Waals surface area (Å²) in [6, 6.07) is 1.48. The molecule has 0 aliphatic heterocycles. The van der Waals surface area contributed by atoms with Crippen molar-refractivity contribution in [3.8, 4) is 11.8 Å². The molecule has 0 radical (unpaired) electrons. The van der Waals surface area contributed by atoms with Crippen molar-refractivity contribution in [3.63, 3.8) is 0 Å². The van der Waals surface area contributed by atoms with E-state index in [1.54, 1.807) is 6.92 Å². The highest BCUT2D eigenvalue weighted by Crippen LogP contribution is 2.17. The summed E-state index contributed by atoms with van der Waals surface area (Å²) in [6.07, 6.45) is -0.0114. The van der Waals surface area contributed by atoms with E-state index in [4.69, 9.17) is 14.2 Å². The minimum absolute atomic E-state index is 0.000771. The van der Waals surface area contributed by atoms with Gasteiger partial charge in [0.1, 0.15) is 0 Å². The van der Waals surface area contributed by atoms with E-state index >= 15 is 0 Å². The number of carbonyl (C=O) groups is 2. The first kappa shape index (κ1) is 15.7. The Morgan fingerprint density at radius 2 is 1.75 bits per heavy atom. The van der Waals surface area contributed by atoms with Crippen LogP contribution in [-0.2, 0) is 14.3 Å². The van der Waals surface area contributed by atoms with Gasteiger partial charge in [0, 0.05) is 6.42 Å². The monoisotopic (exact) mass is 283 g/mol. The molecule has 0 aliphatic carbocycles. The van der Waals surface area contributed by atoms with Crippen molar-refractivity contribution in [1.82, 2.24) is 9.97 Å². The Kier molecular flexibility index (Phi) is 6.21. The zero-order valence-electron chi connectivity index (χ0n) is 11.6. The summed E-state index contributed by atoms with van der Waals surface area (Å²) in [4.78, 5) is 30.7. The molecule has 0 spiro atoms. The highest BCUT2D eigenvalue weighted by molar-refractivity contribution is 5.91. The van der Waals surface area contributed by atoms with Crippen LogP contribution in [-0.4, -0.2) is 42.7 Å². The van der Waals surface area contributed by atoms with Gasteiger partial charge < -0.3 is 14.2 Å². The van der Waals surface area contributed by atoms with Gasteiger partial charge in [-0.05, 0) is 6.92 Å². The zero-order chi connectivity index (χ0) is 15.0. The maximum absolute atomic E-state index is 11.6. The second kappa shape index (κ2) is 7.93. The van der Waals surface area contributed by atoms with E-state index in [1.807, 2.05) is 0 Å². The molecule has 0 saturated heterocycles. The fourth-order valence-corrected chi connectivity index (χ4v) is 1.30. The Hall–Kier alpha value is -2.38. The molecule has 20 heavy (non-hydrogen) atoms. The number of nitrogens with one attached hydrogen (secondary N) is 1. The van der Waals surface area contributed by atoms with Gasteiger partial charge in [0.25, 0.3) is 0 Å². The third kappa shape index (κ3) is 5.09. The van der Waals surface area contributed by atoms with E-state index in [2.05, 4.69) is 15.3 Å². The lowest BCUT2D eigenvalue weighted by molar-refractivity contribution is -0.144. The van der Waals surface area contributed by atoms with Crippen LogP contribution in [0.25, 0.3) is 0 Å². The molecule has 1 aromatic rings. The Bertz CT molecular complexity index is 456. The first-order valence-corrected chi connectivity index (χ1v) is 6.01. The second-order valence-corrected chi connectivity index (χ2v) is 3.63. The number of amides is 1. The van der Waals surface area contributed by atoms with E-state index in [1.165, 1.54) is 20.3 Å². The fourth-order valence-electron chi connectivity index (χ4n) is 1.30. The number of ether oxygens (including phenoxy) is 3. The topological polar surface area (TPSA) is 99.6 Å². The standard InChI is InChI=1S/C12H17N3O5/c1-4-20-11(17)6-5-8(16)13-12-14-9(18-2)7-10(15-12)19-3/h7H,4-6H2,1-3H3,(H,13,14,15,16). The molecular weight excluding hydrogens is 266 g/mol. The molecule has 1 rings (SSSR count). The van der Waals surface area contributed by atoms with Crippen LogP contribution in [0.5, 0.6) is 11.8 Å². The molecule has 0 bridgehead atoms. The Morgan fingerprint density at radius 1 is 1.15 bits per heavy atom. The zero-order valence-corrected chi connectivity index (χ0v) is 11.6. The molecule has 1 amide bonds. The summed E-state index contributed by atoms with van der Waals surface area (Å²) in [5.41, 5.74) is 0. The molecule has 0 unspecified atom stereocenters. The normalized spacial score (nSPS) is 9.75. The lowest BCUT2D eigenvalue weighted by atomic mass is 10.3. The maximum atomic E-state index is 11.6. The number of hydrogen-bond acceptors (Lipinski definition) is 7. The Balaban J connectivity index is 2.59. The average Bonchev–Trinajstić information content (AvgIpc) is 2.45. The van der Waals surface area contributed by atoms with Gasteiger partial charge in [-0.25, -0.2) is 0 Å². The Labute approximate surface area is 116 Å². The van der Waals surface area contributed by atoms with E-state index in [0.29, 0.717) is 0 Å². The molecule has 0 aromatic carbocycles. The van der Waals surface area contributed by atoms with Gasteiger partial charge in [-0.1, -0.05) is 0 Å². The molecule has 0 atom stereocenters. The van der Waals surface area contributed by atoms with Crippen LogP contribution in [0.3, 0.4) is 0 Å². The van der Waals surface area contributed by atoms with Crippen LogP contribution in [0.4, 0.5) is 5.95 Å². The van der Waals surface area contributed by atoms with Gasteiger partial charge in [-0.15, -0.1) is 0 Å². The van der Waals surface area contributed by atoms with E-state index < -0.39 is 11.9 Å². The Morgan fingerprint density at radius 3 is 2.25 bits per heavy atom. The van der Waals surface area contributed by atoms with Crippen LogP contribution < -0.4 is 14.8 Å². The quantitative estimate of drug-likeness (QED) is 0.738. The molecule has 0 aliphatic rings. The van der Waals surface area contributed by atoms with Crippen LogP contribution in [0.15, 0.2) is 6.07 Å². The number of anilines is 1. The summed E-state index contributed by atoms with van der Waals surface area (Å²) in [5.74, 6) is -0.245. The van der Waals surface area contributed by atoms with Crippen LogP contribution in [0.2, 0.25) is 0 Å². The van der Waals surface area contributed by atoms with Gasteiger partial charge in [-0.3, -0.25) is 14.9 Å². The smallest absolute Gasteiger partial charge is 0.306 e. The van der Waals surface area contributed by atoms with E-state index in [0.717, 1.165) is 0 Å². The lowest BCUT2D eigenvalue weighted by Crippen LogP contribution is -2.16. The van der Waals surface area contributed by atoms with Crippen molar-refractivity contribution < 1.29 is 23.8 Å². The van der Waals surface area contributed by atoms with Crippen molar-refractivity contribution in [2.45, 2.75) is 19.8 Å². The third-order valence-corrected chi connectivity index (χ3v) is 2.21. The number of esters is 1. The predicted octanol–water partition coefficient (Wildman–Crippen LogP) is 0.776. The first-order chi connectivity index (χ1) is 9.58. The number of nitrogens with zero attached hydrogens (tertiary/aromatic N) is 2. The summed E-state index contributed by atoms with van der Waals surface area (Å²) < 4.78 is 14.6. The SMILES string of the molecule is CCOC(=O)CCC(=O)Nc1nc(OC)cc(OC)n1. The molecule has 0 fully saturated rings. The molecule has 8 heteroatoms. The van der Waals surface area contributed by atoms with Crippen LogP contribution in [0.1, 0.15) is 19.8 Å². The molecule has 0 saturated carbocycles. The maximum Gasteiger partial charge on any atom is 0.306 e. The number of rotatable bonds is 7. The third-order valence-electron chi connectivity index (χ3n) is 2.21. The van der Waals surface area contributed by atoms with Gasteiger partial charge in [-0.2, -0.15) is 9.97 Å². The fraction of sp³-hybridized carbons (Fsp3) is 0.500. The van der Waals surface area contributed by atoms with Crippen LogP contribution in [0, 0.1) is 0 Å². The summed E-state index contributed by atoms with van der Waals surface area (Å²) >= 11 is 0. The van der Waals surface area contributed by atoms with Gasteiger partial charge in [0.15, 0.2) is 0 Å². The number of aromatic nitrogens is 2. The molecule has 1 aromatic heterocycles. The summed E-state index contributed by atoms with van der Waals surface area (Å²) in [7, 11) is 2.88. The largest absolute Gasteiger partial charge is 0.481 e. The lowest BCUT2D eigenvalue weighted by Gasteiger charge is -2.07. The first-order valence-electron chi connectivity index (χ1n) is 6.01.